The third-order valence-corrected chi connectivity index (χ3v) is 2.47. The first kappa shape index (κ1) is 11.5. The summed E-state index contributed by atoms with van der Waals surface area (Å²) in [5.74, 6) is 1.26. The zero-order chi connectivity index (χ0) is 10.8. The van der Waals surface area contributed by atoms with Crippen LogP contribution in [0.4, 0.5) is 0 Å². The third kappa shape index (κ3) is 2.98. The van der Waals surface area contributed by atoms with Crippen LogP contribution in [0, 0.1) is 16.7 Å². The zero-order valence-corrected chi connectivity index (χ0v) is 9.76. The van der Waals surface area contributed by atoms with Crippen molar-refractivity contribution in [1.82, 2.24) is 4.90 Å². The van der Waals surface area contributed by atoms with Crippen LogP contribution in [0.2, 0.25) is 0 Å². The molecule has 0 aromatic carbocycles. The molecule has 1 unspecified atom stereocenters. The maximum Gasteiger partial charge on any atom is 0.101 e. The van der Waals surface area contributed by atoms with Crippen molar-refractivity contribution in [2.24, 2.45) is 11.3 Å². The molecule has 1 fully saturated rings. The fraction of sp³-hybridized carbons (Fsp3) is 0.909. The lowest BCUT2D eigenvalue weighted by molar-refractivity contribution is 0.127. The predicted molar refractivity (Wildman–Crippen MR) is 58.7 cm³/mol. The summed E-state index contributed by atoms with van der Waals surface area (Å²) in [7, 11) is 0. The average molecular weight is 198 g/mol. The molecule has 0 amide bonds. The molecule has 14 heavy (non-hydrogen) atoms. The number of ether oxygens (including phenoxy) is 1. The quantitative estimate of drug-likeness (QED) is 0.477. The number of amidine groups is 1. The topological polar surface area (TPSA) is 36.3 Å². The lowest BCUT2D eigenvalue weighted by Crippen LogP contribution is -2.41. The van der Waals surface area contributed by atoms with Crippen molar-refractivity contribution < 1.29 is 4.74 Å². The van der Waals surface area contributed by atoms with Gasteiger partial charge in [0.25, 0.3) is 0 Å². The highest BCUT2D eigenvalue weighted by molar-refractivity contribution is 5.84. The second-order valence-corrected chi connectivity index (χ2v) is 5.22. The van der Waals surface area contributed by atoms with Crippen LogP contribution in [-0.4, -0.2) is 37.0 Å². The van der Waals surface area contributed by atoms with Crippen LogP contribution in [0.25, 0.3) is 0 Å². The van der Waals surface area contributed by atoms with E-state index in [1.807, 2.05) is 0 Å². The van der Waals surface area contributed by atoms with Gasteiger partial charge in [0.15, 0.2) is 0 Å². The minimum absolute atomic E-state index is 0.0515. The molecule has 3 heteroatoms. The van der Waals surface area contributed by atoms with E-state index in [2.05, 4.69) is 32.6 Å². The van der Waals surface area contributed by atoms with E-state index in [0.717, 1.165) is 32.1 Å². The van der Waals surface area contributed by atoms with Gasteiger partial charge in [0.2, 0.25) is 0 Å². The molecule has 1 aliphatic rings. The van der Waals surface area contributed by atoms with E-state index in [1.165, 1.54) is 0 Å². The summed E-state index contributed by atoms with van der Waals surface area (Å²) < 4.78 is 5.46. The molecule has 82 valence electrons. The Morgan fingerprint density at radius 2 is 2.07 bits per heavy atom. The van der Waals surface area contributed by atoms with Gasteiger partial charge in [0, 0.05) is 18.5 Å². The van der Waals surface area contributed by atoms with Crippen LogP contribution in [0.5, 0.6) is 0 Å². The first-order chi connectivity index (χ1) is 6.41. The largest absolute Gasteiger partial charge is 0.379 e. The lowest BCUT2D eigenvalue weighted by Gasteiger charge is -2.32. The molecule has 0 spiro atoms. The van der Waals surface area contributed by atoms with Crippen molar-refractivity contribution in [2.45, 2.75) is 27.7 Å². The molecule has 1 rings (SSSR count). The van der Waals surface area contributed by atoms with Gasteiger partial charge in [-0.25, -0.2) is 0 Å². The van der Waals surface area contributed by atoms with E-state index >= 15 is 0 Å². The Kier molecular flexibility index (Phi) is 3.53. The Bertz CT molecular complexity index is 208. The van der Waals surface area contributed by atoms with Gasteiger partial charge in [-0.3, -0.25) is 5.41 Å². The van der Waals surface area contributed by atoms with Crippen molar-refractivity contribution in [2.75, 3.05) is 26.3 Å². The summed E-state index contributed by atoms with van der Waals surface area (Å²) in [5.41, 5.74) is -0.0515. The van der Waals surface area contributed by atoms with Crippen LogP contribution >= 0.6 is 0 Å². The van der Waals surface area contributed by atoms with Gasteiger partial charge >= 0.3 is 0 Å². The van der Waals surface area contributed by atoms with E-state index in [1.54, 1.807) is 0 Å². The van der Waals surface area contributed by atoms with Crippen molar-refractivity contribution in [3.63, 3.8) is 0 Å². The van der Waals surface area contributed by atoms with Gasteiger partial charge in [-0.1, -0.05) is 27.7 Å². The standard InChI is InChI=1S/C11H22N2O/c1-9-7-13(5-6-14-8-9)10(12)11(2,3)4/h9,12H,5-8H2,1-4H3. The lowest BCUT2D eigenvalue weighted by atomic mass is 9.93. The summed E-state index contributed by atoms with van der Waals surface area (Å²) in [6, 6.07) is 0. The Hall–Kier alpha value is -0.570. The Labute approximate surface area is 86.9 Å². The first-order valence-corrected chi connectivity index (χ1v) is 5.33. The molecule has 1 aliphatic heterocycles. The highest BCUT2D eigenvalue weighted by atomic mass is 16.5. The number of nitrogens with zero attached hydrogens (tertiary/aromatic N) is 1. The predicted octanol–water partition coefficient (Wildman–Crippen LogP) is 1.98. The summed E-state index contributed by atoms with van der Waals surface area (Å²) in [5, 5.41) is 8.09. The highest BCUT2D eigenvalue weighted by Gasteiger charge is 2.25. The van der Waals surface area contributed by atoms with Gasteiger partial charge < -0.3 is 9.64 Å². The van der Waals surface area contributed by atoms with E-state index in [4.69, 9.17) is 10.1 Å². The van der Waals surface area contributed by atoms with Gasteiger partial charge in [-0.15, -0.1) is 0 Å². The first-order valence-electron chi connectivity index (χ1n) is 5.33. The van der Waals surface area contributed by atoms with Crippen LogP contribution in [0.3, 0.4) is 0 Å². The molecular formula is C11H22N2O. The second-order valence-electron chi connectivity index (χ2n) is 5.22. The zero-order valence-electron chi connectivity index (χ0n) is 9.76. The molecule has 1 atom stereocenters. The summed E-state index contributed by atoms with van der Waals surface area (Å²) >= 11 is 0. The van der Waals surface area contributed by atoms with Gasteiger partial charge in [0.1, 0.15) is 5.84 Å². The molecule has 0 bridgehead atoms. The van der Waals surface area contributed by atoms with Crippen LogP contribution in [-0.2, 0) is 4.74 Å². The molecule has 1 saturated heterocycles. The number of hydrogen-bond acceptors (Lipinski definition) is 2. The fourth-order valence-corrected chi connectivity index (χ4v) is 1.66. The average Bonchev–Trinajstić information content (AvgIpc) is 2.26. The number of hydrogen-bond donors (Lipinski definition) is 1. The van der Waals surface area contributed by atoms with Crippen molar-refractivity contribution in [3.8, 4) is 0 Å². The molecular weight excluding hydrogens is 176 g/mol. The molecule has 1 heterocycles. The highest BCUT2D eigenvalue weighted by Crippen LogP contribution is 2.19. The van der Waals surface area contributed by atoms with Gasteiger partial charge in [-0.05, 0) is 5.92 Å². The van der Waals surface area contributed by atoms with Crippen molar-refractivity contribution >= 4 is 5.84 Å². The molecule has 0 aromatic heterocycles. The Balaban J connectivity index is 2.62. The van der Waals surface area contributed by atoms with Crippen LogP contribution < -0.4 is 0 Å². The van der Waals surface area contributed by atoms with Crippen molar-refractivity contribution in [3.05, 3.63) is 0 Å². The number of nitrogens with one attached hydrogen (secondary N) is 1. The summed E-state index contributed by atoms with van der Waals surface area (Å²) in [6.07, 6.45) is 0. The molecule has 0 aliphatic carbocycles. The molecule has 3 nitrogen and oxygen atoms in total. The molecule has 1 N–H and O–H groups in total. The van der Waals surface area contributed by atoms with E-state index in [-0.39, 0.29) is 5.41 Å². The summed E-state index contributed by atoms with van der Waals surface area (Å²) in [6.45, 7) is 11.8. The van der Waals surface area contributed by atoms with Crippen LogP contribution in [0.1, 0.15) is 27.7 Å². The minimum atomic E-state index is -0.0515. The Morgan fingerprint density at radius 3 is 2.64 bits per heavy atom. The SMILES string of the molecule is CC1COCCN(C(=N)C(C)(C)C)C1. The van der Waals surface area contributed by atoms with Gasteiger partial charge in [-0.2, -0.15) is 0 Å². The Morgan fingerprint density at radius 1 is 1.43 bits per heavy atom. The molecule has 0 saturated carbocycles. The van der Waals surface area contributed by atoms with Crippen LogP contribution in [0.15, 0.2) is 0 Å². The minimum Gasteiger partial charge on any atom is -0.379 e. The maximum absolute atomic E-state index is 8.09. The summed E-state index contributed by atoms with van der Waals surface area (Å²) in [4.78, 5) is 2.15. The third-order valence-electron chi connectivity index (χ3n) is 2.47. The molecule has 0 aromatic rings. The van der Waals surface area contributed by atoms with E-state index < -0.39 is 0 Å². The molecule has 0 radical (unpaired) electrons. The second kappa shape index (κ2) is 4.30. The van der Waals surface area contributed by atoms with E-state index in [0.29, 0.717) is 5.92 Å². The monoisotopic (exact) mass is 198 g/mol. The van der Waals surface area contributed by atoms with Crippen molar-refractivity contribution in [1.29, 1.82) is 5.41 Å². The van der Waals surface area contributed by atoms with E-state index in [9.17, 15) is 0 Å². The normalized spacial score (nSPS) is 24.6. The maximum atomic E-state index is 8.09. The van der Waals surface area contributed by atoms with Gasteiger partial charge in [0.05, 0.1) is 13.2 Å². The number of rotatable bonds is 0. The fourth-order valence-electron chi connectivity index (χ4n) is 1.66. The smallest absolute Gasteiger partial charge is 0.101 e.